The van der Waals surface area contributed by atoms with Gasteiger partial charge in [-0.1, -0.05) is 48.0 Å². The fourth-order valence-electron chi connectivity index (χ4n) is 5.45. The Labute approximate surface area is 229 Å². The summed E-state index contributed by atoms with van der Waals surface area (Å²) >= 11 is 6.87. The van der Waals surface area contributed by atoms with E-state index in [2.05, 4.69) is 0 Å². The molecule has 6 rings (SSSR count). The first-order valence-electron chi connectivity index (χ1n) is 12.6. The number of para-hydroxylation sites is 2. The van der Waals surface area contributed by atoms with Gasteiger partial charge in [0.15, 0.2) is 11.5 Å². The van der Waals surface area contributed by atoms with E-state index in [-0.39, 0.29) is 17.9 Å². The topological polar surface area (TPSA) is 72.3 Å². The summed E-state index contributed by atoms with van der Waals surface area (Å²) in [7, 11) is 3.68. The predicted octanol–water partition coefficient (Wildman–Crippen LogP) is 4.84. The highest BCUT2D eigenvalue weighted by atomic mass is 35.5. The van der Waals surface area contributed by atoms with Gasteiger partial charge < -0.3 is 9.47 Å². The van der Waals surface area contributed by atoms with Gasteiger partial charge >= 0.3 is 0 Å². The Morgan fingerprint density at radius 2 is 1.15 bits per heavy atom. The number of aromatic nitrogens is 4. The molecular formula is C30H27ClN4O4. The molecule has 0 N–H and O–H groups in total. The third kappa shape index (κ3) is 3.82. The van der Waals surface area contributed by atoms with Gasteiger partial charge in [0.2, 0.25) is 6.79 Å². The summed E-state index contributed by atoms with van der Waals surface area (Å²) in [4.78, 5) is 28.5. The lowest BCUT2D eigenvalue weighted by atomic mass is 9.85. The molecular weight excluding hydrogens is 516 g/mol. The van der Waals surface area contributed by atoms with Crippen molar-refractivity contribution in [3.05, 3.63) is 127 Å². The van der Waals surface area contributed by atoms with Crippen molar-refractivity contribution in [2.45, 2.75) is 19.8 Å². The first kappa shape index (κ1) is 24.9. The first-order valence-corrected chi connectivity index (χ1v) is 12.9. The Bertz CT molecular complexity index is 1730. The Morgan fingerprint density at radius 3 is 1.62 bits per heavy atom. The molecule has 0 atom stereocenters. The zero-order valence-corrected chi connectivity index (χ0v) is 22.8. The van der Waals surface area contributed by atoms with E-state index < -0.39 is 5.92 Å². The second-order valence-electron chi connectivity index (χ2n) is 9.61. The zero-order chi connectivity index (χ0) is 27.4. The van der Waals surface area contributed by atoms with Crippen LogP contribution in [0.3, 0.4) is 0 Å². The molecule has 3 heterocycles. The molecule has 39 heavy (non-hydrogen) atoms. The Hall–Kier alpha value is -4.43. The third-order valence-corrected chi connectivity index (χ3v) is 7.91. The maximum atomic E-state index is 14.3. The molecule has 0 spiro atoms. The van der Waals surface area contributed by atoms with Gasteiger partial charge in [0.25, 0.3) is 11.1 Å². The quantitative estimate of drug-likeness (QED) is 0.318. The van der Waals surface area contributed by atoms with Crippen molar-refractivity contribution in [2.75, 3.05) is 6.79 Å². The van der Waals surface area contributed by atoms with E-state index >= 15 is 0 Å². The summed E-state index contributed by atoms with van der Waals surface area (Å²) < 4.78 is 18.1. The molecule has 0 saturated heterocycles. The third-order valence-electron chi connectivity index (χ3n) is 7.58. The summed E-state index contributed by atoms with van der Waals surface area (Å²) in [6.07, 6.45) is 0. The molecule has 0 fully saturated rings. The Morgan fingerprint density at radius 1 is 0.718 bits per heavy atom. The van der Waals surface area contributed by atoms with E-state index in [0.29, 0.717) is 33.2 Å². The number of hydrogen-bond donors (Lipinski definition) is 0. The van der Waals surface area contributed by atoms with Crippen LogP contribution < -0.4 is 20.6 Å². The van der Waals surface area contributed by atoms with Gasteiger partial charge in [-0.2, -0.15) is 0 Å². The van der Waals surface area contributed by atoms with E-state index in [1.54, 1.807) is 21.5 Å². The van der Waals surface area contributed by atoms with Gasteiger partial charge in [-0.15, -0.1) is 0 Å². The minimum Gasteiger partial charge on any atom is -0.454 e. The average Bonchev–Trinajstić information content (AvgIpc) is 3.55. The minimum absolute atomic E-state index is 0.0795. The molecule has 3 aromatic carbocycles. The van der Waals surface area contributed by atoms with Crippen LogP contribution in [-0.2, 0) is 14.1 Å². The van der Waals surface area contributed by atoms with Crippen LogP contribution in [0.1, 0.15) is 34.0 Å². The van der Waals surface area contributed by atoms with E-state index in [0.717, 1.165) is 22.8 Å². The molecule has 0 aliphatic carbocycles. The molecule has 8 nitrogen and oxygen atoms in total. The Kier molecular flexibility index (Phi) is 5.99. The predicted molar refractivity (Wildman–Crippen MR) is 150 cm³/mol. The minimum atomic E-state index is -0.765. The normalized spacial score (nSPS) is 12.5. The number of nitrogens with zero attached hydrogens (tertiary/aromatic N) is 4. The molecule has 198 valence electrons. The SMILES string of the molecule is Cc1c(C(c2cc3c(cc2Cl)OCO3)c2c(C)n(C)n(-c3ccccc3)c2=O)c(=O)n(-c2ccccc2)n1C. The van der Waals surface area contributed by atoms with Crippen molar-refractivity contribution in [2.24, 2.45) is 14.1 Å². The molecule has 5 aromatic rings. The van der Waals surface area contributed by atoms with Crippen LogP contribution in [0.15, 0.2) is 82.4 Å². The van der Waals surface area contributed by atoms with Gasteiger partial charge in [-0.3, -0.25) is 19.0 Å². The molecule has 0 unspecified atom stereocenters. The number of rotatable bonds is 5. The highest BCUT2D eigenvalue weighted by Crippen LogP contribution is 2.43. The van der Waals surface area contributed by atoms with E-state index in [1.165, 1.54) is 0 Å². The second kappa shape index (κ2) is 9.39. The standard InChI is InChI=1S/C30H27ClN4O4/c1-18-26(29(36)34(32(18)3)20-11-7-5-8-12-20)28(22-15-24-25(16-23(22)31)39-17-38-24)27-19(2)33(4)35(30(27)37)21-13-9-6-10-14-21/h5-16,28H,17H2,1-4H3. The van der Waals surface area contributed by atoms with Gasteiger partial charge in [0.05, 0.1) is 28.4 Å². The maximum absolute atomic E-state index is 14.3. The van der Waals surface area contributed by atoms with Crippen molar-refractivity contribution in [3.8, 4) is 22.9 Å². The average molecular weight is 543 g/mol. The lowest BCUT2D eigenvalue weighted by Gasteiger charge is -2.18. The smallest absolute Gasteiger partial charge is 0.275 e. The largest absolute Gasteiger partial charge is 0.454 e. The fraction of sp³-hybridized carbons (Fsp3) is 0.200. The number of halogens is 1. The van der Waals surface area contributed by atoms with Crippen LogP contribution in [0.25, 0.3) is 11.4 Å². The van der Waals surface area contributed by atoms with Crippen LogP contribution in [0.2, 0.25) is 5.02 Å². The molecule has 1 aliphatic rings. The van der Waals surface area contributed by atoms with Crippen molar-refractivity contribution in [1.82, 2.24) is 18.7 Å². The highest BCUT2D eigenvalue weighted by molar-refractivity contribution is 6.31. The van der Waals surface area contributed by atoms with Crippen LogP contribution in [-0.4, -0.2) is 25.5 Å². The summed E-state index contributed by atoms with van der Waals surface area (Å²) in [6.45, 7) is 3.85. The monoisotopic (exact) mass is 542 g/mol. The molecule has 0 saturated carbocycles. The van der Waals surface area contributed by atoms with Gasteiger partial charge in [-0.05, 0) is 49.7 Å². The number of ether oxygens (including phenoxy) is 2. The van der Waals surface area contributed by atoms with Crippen LogP contribution in [0.4, 0.5) is 0 Å². The summed E-state index contributed by atoms with van der Waals surface area (Å²) in [5.41, 5.74) is 3.96. The lowest BCUT2D eigenvalue weighted by molar-refractivity contribution is 0.174. The zero-order valence-electron chi connectivity index (χ0n) is 22.0. The van der Waals surface area contributed by atoms with Crippen molar-refractivity contribution in [1.29, 1.82) is 0 Å². The first-order chi connectivity index (χ1) is 18.8. The summed E-state index contributed by atoms with van der Waals surface area (Å²) in [5, 5.41) is 0.382. The van der Waals surface area contributed by atoms with E-state index in [1.807, 2.05) is 98.0 Å². The van der Waals surface area contributed by atoms with Crippen molar-refractivity contribution >= 4 is 11.6 Å². The van der Waals surface area contributed by atoms with E-state index in [9.17, 15) is 9.59 Å². The maximum Gasteiger partial charge on any atom is 0.275 e. The molecule has 0 bridgehead atoms. The van der Waals surface area contributed by atoms with Crippen LogP contribution >= 0.6 is 11.6 Å². The van der Waals surface area contributed by atoms with E-state index in [4.69, 9.17) is 21.1 Å². The molecule has 2 aromatic heterocycles. The number of hydrogen-bond acceptors (Lipinski definition) is 4. The highest BCUT2D eigenvalue weighted by Gasteiger charge is 2.35. The van der Waals surface area contributed by atoms with Crippen LogP contribution in [0.5, 0.6) is 11.5 Å². The molecule has 1 aliphatic heterocycles. The summed E-state index contributed by atoms with van der Waals surface area (Å²) in [6, 6.07) is 22.3. The lowest BCUT2D eigenvalue weighted by Crippen LogP contribution is -2.26. The molecule has 0 amide bonds. The summed E-state index contributed by atoms with van der Waals surface area (Å²) in [5.74, 6) is 0.285. The van der Waals surface area contributed by atoms with Gasteiger partial charge in [0.1, 0.15) is 0 Å². The van der Waals surface area contributed by atoms with Gasteiger partial charge in [-0.25, -0.2) is 9.36 Å². The Balaban J connectivity index is 1.69. The fourth-order valence-corrected chi connectivity index (χ4v) is 5.72. The number of fused-ring (bicyclic) bond motifs is 1. The van der Waals surface area contributed by atoms with Crippen LogP contribution in [0, 0.1) is 13.8 Å². The molecule has 0 radical (unpaired) electrons. The van der Waals surface area contributed by atoms with Gasteiger partial charge in [0, 0.05) is 36.6 Å². The second-order valence-corrected chi connectivity index (χ2v) is 10.0. The van der Waals surface area contributed by atoms with Crippen molar-refractivity contribution in [3.63, 3.8) is 0 Å². The number of benzene rings is 3. The van der Waals surface area contributed by atoms with Crippen molar-refractivity contribution < 1.29 is 9.47 Å². The molecule has 9 heteroatoms.